The molecule has 0 radical (unpaired) electrons. The molecule has 0 atom stereocenters. The lowest BCUT2D eigenvalue weighted by molar-refractivity contribution is -0.274. The highest BCUT2D eigenvalue weighted by molar-refractivity contribution is 5.76. The van der Waals surface area contributed by atoms with E-state index in [9.17, 15) is 18.0 Å². The lowest BCUT2D eigenvalue weighted by Gasteiger charge is -2.32. The molecule has 0 unspecified atom stereocenters. The summed E-state index contributed by atoms with van der Waals surface area (Å²) in [4.78, 5) is 14.2. The van der Waals surface area contributed by atoms with Crippen LogP contribution in [0, 0.1) is 5.92 Å². The molecule has 1 amide bonds. The van der Waals surface area contributed by atoms with Crippen molar-refractivity contribution in [3.63, 3.8) is 0 Å². The summed E-state index contributed by atoms with van der Waals surface area (Å²) in [5.74, 6) is 0.608. The first kappa shape index (κ1) is 19.0. The first-order valence-electron chi connectivity index (χ1n) is 9.25. The van der Waals surface area contributed by atoms with Crippen molar-refractivity contribution in [2.45, 2.75) is 50.9 Å². The summed E-state index contributed by atoms with van der Waals surface area (Å²) in [6, 6.07) is 6.47. The van der Waals surface area contributed by atoms with Crippen LogP contribution in [0.1, 0.15) is 37.7 Å². The van der Waals surface area contributed by atoms with Crippen LogP contribution in [-0.2, 0) is 11.2 Å². The van der Waals surface area contributed by atoms with Crippen LogP contribution >= 0.6 is 0 Å². The first-order valence-corrected chi connectivity index (χ1v) is 9.25. The summed E-state index contributed by atoms with van der Waals surface area (Å²) in [6.07, 6.45) is 0.227. The highest BCUT2D eigenvalue weighted by Gasteiger charge is 2.32. The van der Waals surface area contributed by atoms with Crippen molar-refractivity contribution >= 4 is 5.91 Å². The van der Waals surface area contributed by atoms with E-state index < -0.39 is 6.36 Å². The Hall–Kier alpha value is -1.76. The Bertz CT molecular complexity index is 609. The van der Waals surface area contributed by atoms with Gasteiger partial charge in [-0.2, -0.15) is 0 Å². The summed E-state index contributed by atoms with van der Waals surface area (Å²) >= 11 is 0. The molecule has 0 spiro atoms. The van der Waals surface area contributed by atoms with Gasteiger partial charge in [0.1, 0.15) is 5.75 Å². The number of hydrogen-bond donors (Lipinski definition) is 1. The molecule has 4 nitrogen and oxygen atoms in total. The molecule has 3 rings (SSSR count). The molecule has 2 aliphatic rings. The summed E-state index contributed by atoms with van der Waals surface area (Å²) in [5, 5.41) is 3.57. The summed E-state index contributed by atoms with van der Waals surface area (Å²) in [6.45, 7) is 2.50. The zero-order valence-corrected chi connectivity index (χ0v) is 14.7. The van der Waals surface area contributed by atoms with Crippen molar-refractivity contribution in [2.24, 2.45) is 5.92 Å². The van der Waals surface area contributed by atoms with Crippen molar-refractivity contribution in [3.05, 3.63) is 29.8 Å². The van der Waals surface area contributed by atoms with Crippen LogP contribution in [0.25, 0.3) is 0 Å². The van der Waals surface area contributed by atoms with Gasteiger partial charge in [-0.1, -0.05) is 18.2 Å². The number of ether oxygens (including phenoxy) is 1. The molecule has 0 bridgehead atoms. The molecule has 0 aromatic heterocycles. The lowest BCUT2D eigenvalue weighted by atomic mass is 10.0. The van der Waals surface area contributed by atoms with Crippen molar-refractivity contribution in [1.29, 1.82) is 0 Å². The Balaban J connectivity index is 1.44. The molecule has 144 valence electrons. The monoisotopic (exact) mass is 370 g/mol. The maximum atomic E-state index is 12.5. The van der Waals surface area contributed by atoms with E-state index in [2.05, 4.69) is 10.1 Å². The minimum atomic E-state index is -4.73. The fourth-order valence-electron chi connectivity index (χ4n) is 3.32. The smallest absolute Gasteiger partial charge is 0.406 e. The van der Waals surface area contributed by atoms with Gasteiger partial charge >= 0.3 is 6.36 Å². The highest BCUT2D eigenvalue weighted by atomic mass is 19.4. The van der Waals surface area contributed by atoms with E-state index in [0.29, 0.717) is 24.7 Å². The minimum Gasteiger partial charge on any atom is -0.406 e. The van der Waals surface area contributed by atoms with Gasteiger partial charge in [0.15, 0.2) is 0 Å². The standard InChI is InChI=1S/C19H25F3N2O2/c20-19(21,22)26-17-4-2-1-3-15(17)7-8-18(25)24-11-9-16(10-12-24)23-13-14-5-6-14/h1-4,14,16,23H,5-13H2. The third kappa shape index (κ3) is 5.90. The van der Waals surface area contributed by atoms with Gasteiger partial charge in [-0.25, -0.2) is 0 Å². The van der Waals surface area contributed by atoms with Gasteiger partial charge in [-0.3, -0.25) is 4.79 Å². The number of aryl methyl sites for hydroxylation is 1. The minimum absolute atomic E-state index is 0.00699. The number of nitrogens with one attached hydrogen (secondary N) is 1. The second-order valence-electron chi connectivity index (χ2n) is 7.16. The van der Waals surface area contributed by atoms with E-state index in [0.717, 1.165) is 25.3 Å². The van der Waals surface area contributed by atoms with E-state index in [4.69, 9.17) is 0 Å². The van der Waals surface area contributed by atoms with Gasteiger partial charge in [0.25, 0.3) is 0 Å². The van der Waals surface area contributed by atoms with E-state index in [1.165, 1.54) is 25.0 Å². The van der Waals surface area contributed by atoms with Crippen LogP contribution in [0.2, 0.25) is 0 Å². The van der Waals surface area contributed by atoms with Crippen LogP contribution in [0.3, 0.4) is 0 Å². The molecule has 1 aromatic rings. The predicted molar refractivity (Wildman–Crippen MR) is 91.8 cm³/mol. The van der Waals surface area contributed by atoms with Crippen molar-refractivity contribution in [1.82, 2.24) is 10.2 Å². The van der Waals surface area contributed by atoms with E-state index in [1.807, 2.05) is 4.90 Å². The molecular weight excluding hydrogens is 345 g/mol. The fraction of sp³-hybridized carbons (Fsp3) is 0.632. The molecule has 1 saturated carbocycles. The lowest BCUT2D eigenvalue weighted by Crippen LogP contribution is -2.45. The van der Waals surface area contributed by atoms with E-state index >= 15 is 0 Å². The number of rotatable bonds is 7. The Kier molecular flexibility index (Phi) is 6.06. The summed E-state index contributed by atoms with van der Waals surface area (Å²) < 4.78 is 41.4. The molecule has 1 heterocycles. The Morgan fingerprint density at radius 2 is 1.85 bits per heavy atom. The second kappa shape index (κ2) is 8.29. The number of benzene rings is 1. The Labute approximate surface area is 151 Å². The van der Waals surface area contributed by atoms with Crippen LogP contribution < -0.4 is 10.1 Å². The van der Waals surface area contributed by atoms with Gasteiger partial charge < -0.3 is 15.0 Å². The largest absolute Gasteiger partial charge is 0.573 e. The molecule has 1 N–H and O–H groups in total. The van der Waals surface area contributed by atoms with Gasteiger partial charge in [0.2, 0.25) is 5.91 Å². The number of likely N-dealkylation sites (tertiary alicyclic amines) is 1. The molecule has 26 heavy (non-hydrogen) atoms. The zero-order chi connectivity index (χ0) is 18.6. The third-order valence-electron chi connectivity index (χ3n) is 5.05. The van der Waals surface area contributed by atoms with E-state index in [-0.39, 0.29) is 24.5 Å². The highest BCUT2D eigenvalue weighted by Crippen LogP contribution is 2.29. The normalized spacial score (nSPS) is 18.8. The molecule has 1 aliphatic heterocycles. The quantitative estimate of drug-likeness (QED) is 0.799. The number of halogens is 3. The molecule has 1 saturated heterocycles. The number of nitrogens with zero attached hydrogens (tertiary/aromatic N) is 1. The molecule has 1 aromatic carbocycles. The van der Waals surface area contributed by atoms with Crippen molar-refractivity contribution in [3.8, 4) is 5.75 Å². The first-order chi connectivity index (χ1) is 12.4. The van der Waals surface area contributed by atoms with Crippen LogP contribution in [-0.4, -0.2) is 42.8 Å². The van der Waals surface area contributed by atoms with Crippen LogP contribution in [0.15, 0.2) is 24.3 Å². The number of carbonyl (C=O) groups excluding carboxylic acids is 1. The SMILES string of the molecule is O=C(CCc1ccccc1OC(F)(F)F)N1CCC(NCC2CC2)CC1. The fourth-order valence-corrected chi connectivity index (χ4v) is 3.32. The maximum absolute atomic E-state index is 12.5. The van der Waals surface area contributed by atoms with Crippen molar-refractivity contribution < 1.29 is 22.7 Å². The Morgan fingerprint density at radius 1 is 1.15 bits per heavy atom. The summed E-state index contributed by atoms with van der Waals surface area (Å²) in [7, 11) is 0. The second-order valence-corrected chi connectivity index (χ2v) is 7.16. The van der Waals surface area contributed by atoms with Gasteiger partial charge in [-0.05, 0) is 56.2 Å². The third-order valence-corrected chi connectivity index (χ3v) is 5.05. The average molecular weight is 370 g/mol. The Morgan fingerprint density at radius 3 is 2.50 bits per heavy atom. The van der Waals surface area contributed by atoms with Gasteiger partial charge in [-0.15, -0.1) is 13.2 Å². The van der Waals surface area contributed by atoms with E-state index in [1.54, 1.807) is 12.1 Å². The molecular formula is C19H25F3N2O2. The zero-order valence-electron chi connectivity index (χ0n) is 14.7. The van der Waals surface area contributed by atoms with Crippen molar-refractivity contribution in [2.75, 3.05) is 19.6 Å². The van der Waals surface area contributed by atoms with Crippen LogP contribution in [0.4, 0.5) is 13.2 Å². The maximum Gasteiger partial charge on any atom is 0.573 e. The van der Waals surface area contributed by atoms with Gasteiger partial charge in [0.05, 0.1) is 0 Å². The molecule has 2 fully saturated rings. The number of hydrogen-bond acceptors (Lipinski definition) is 3. The molecule has 1 aliphatic carbocycles. The van der Waals surface area contributed by atoms with Crippen LogP contribution in [0.5, 0.6) is 5.75 Å². The predicted octanol–water partition coefficient (Wildman–Crippen LogP) is 3.51. The number of amides is 1. The number of alkyl halides is 3. The number of piperidine rings is 1. The number of carbonyl (C=O) groups is 1. The van der Waals surface area contributed by atoms with Gasteiger partial charge in [0, 0.05) is 25.6 Å². The summed E-state index contributed by atoms with van der Waals surface area (Å²) in [5.41, 5.74) is 0.402. The molecule has 7 heteroatoms. The average Bonchev–Trinajstić information content (AvgIpc) is 3.42. The topological polar surface area (TPSA) is 41.6 Å². The number of para-hydroxylation sites is 1.